The Morgan fingerprint density at radius 1 is 1.39 bits per heavy atom. The molecule has 152 valence electrons. The largest absolute Gasteiger partial charge is 0.494 e. The SMILES string of the molecule is COc1ccc(COC(=O)[C@@H]2CCCN2S(=O)(=O)c2c(C)noc2C)cc1F. The van der Waals surface area contributed by atoms with E-state index < -0.39 is 27.9 Å². The van der Waals surface area contributed by atoms with Crippen molar-refractivity contribution >= 4 is 16.0 Å². The van der Waals surface area contributed by atoms with Crippen LogP contribution >= 0.6 is 0 Å². The van der Waals surface area contributed by atoms with Crippen LogP contribution in [0.4, 0.5) is 4.39 Å². The minimum Gasteiger partial charge on any atom is -0.494 e. The molecule has 1 saturated heterocycles. The van der Waals surface area contributed by atoms with Crippen molar-refractivity contribution in [3.8, 4) is 5.75 Å². The van der Waals surface area contributed by atoms with Gasteiger partial charge in [-0.1, -0.05) is 11.2 Å². The summed E-state index contributed by atoms with van der Waals surface area (Å²) in [4.78, 5) is 12.5. The number of ether oxygens (including phenoxy) is 2. The topological polar surface area (TPSA) is 98.9 Å². The van der Waals surface area contributed by atoms with Gasteiger partial charge in [0, 0.05) is 6.54 Å². The maximum absolute atomic E-state index is 13.8. The molecule has 1 aliphatic rings. The standard InChI is InChI=1S/C18H21FN2O6S/c1-11-17(12(2)27-20-11)28(23,24)21-8-4-5-15(21)18(22)26-10-13-6-7-16(25-3)14(19)9-13/h6-7,9,15H,4-5,8,10H2,1-3H3/t15-/m0/s1. The number of esters is 1. The molecule has 0 radical (unpaired) electrons. The molecule has 1 atom stereocenters. The summed E-state index contributed by atoms with van der Waals surface area (Å²) in [5, 5.41) is 3.68. The minimum atomic E-state index is -3.95. The number of carbonyl (C=O) groups excluding carboxylic acids is 1. The minimum absolute atomic E-state index is 0.0237. The molecule has 8 nitrogen and oxygen atoms in total. The van der Waals surface area contributed by atoms with Gasteiger partial charge in [-0.25, -0.2) is 12.8 Å². The summed E-state index contributed by atoms with van der Waals surface area (Å²) in [6.45, 7) is 3.07. The second kappa shape index (κ2) is 7.88. The zero-order valence-electron chi connectivity index (χ0n) is 15.8. The Bertz CT molecular complexity index is 968. The Balaban J connectivity index is 1.74. The van der Waals surface area contributed by atoms with Gasteiger partial charge in [0.15, 0.2) is 17.3 Å². The van der Waals surface area contributed by atoms with E-state index in [1.165, 1.54) is 33.1 Å². The number of hydrogen-bond acceptors (Lipinski definition) is 7. The van der Waals surface area contributed by atoms with Crippen molar-refractivity contribution in [1.29, 1.82) is 0 Å². The first kappa shape index (κ1) is 20.3. The lowest BCUT2D eigenvalue weighted by atomic mass is 10.2. The molecular formula is C18H21FN2O6S. The van der Waals surface area contributed by atoms with Crippen LogP contribution in [0.2, 0.25) is 0 Å². The molecule has 3 rings (SSSR count). The summed E-state index contributed by atoms with van der Waals surface area (Å²) in [5.74, 6) is -0.989. The van der Waals surface area contributed by atoms with Crippen LogP contribution in [0.15, 0.2) is 27.6 Å². The van der Waals surface area contributed by atoms with Crippen LogP contribution in [0.3, 0.4) is 0 Å². The number of carbonyl (C=O) groups is 1. The molecule has 2 heterocycles. The maximum atomic E-state index is 13.8. The fraction of sp³-hybridized carbons (Fsp3) is 0.444. The van der Waals surface area contributed by atoms with Crippen molar-refractivity contribution < 1.29 is 31.6 Å². The quantitative estimate of drug-likeness (QED) is 0.672. The third-order valence-corrected chi connectivity index (χ3v) is 6.76. The number of aromatic nitrogens is 1. The summed E-state index contributed by atoms with van der Waals surface area (Å²) < 4.78 is 55.9. The zero-order valence-corrected chi connectivity index (χ0v) is 16.6. The highest BCUT2D eigenvalue weighted by Gasteiger charge is 2.42. The van der Waals surface area contributed by atoms with E-state index >= 15 is 0 Å². The Morgan fingerprint density at radius 3 is 2.75 bits per heavy atom. The highest BCUT2D eigenvalue weighted by Crippen LogP contribution is 2.30. The summed E-state index contributed by atoms with van der Waals surface area (Å²) in [6, 6.07) is 3.27. The van der Waals surface area contributed by atoms with E-state index in [0.29, 0.717) is 18.4 Å². The van der Waals surface area contributed by atoms with Crippen molar-refractivity contribution in [3.05, 3.63) is 41.0 Å². The van der Waals surface area contributed by atoms with Gasteiger partial charge in [0.1, 0.15) is 23.2 Å². The van der Waals surface area contributed by atoms with Gasteiger partial charge in [-0.3, -0.25) is 4.79 Å². The van der Waals surface area contributed by atoms with Crippen molar-refractivity contribution in [1.82, 2.24) is 9.46 Å². The van der Waals surface area contributed by atoms with Gasteiger partial charge < -0.3 is 14.0 Å². The molecule has 1 aromatic heterocycles. The van der Waals surface area contributed by atoms with Crippen LogP contribution in [0, 0.1) is 19.7 Å². The number of hydrogen-bond donors (Lipinski definition) is 0. The first-order chi connectivity index (χ1) is 13.3. The number of aryl methyl sites for hydroxylation is 2. The van der Waals surface area contributed by atoms with E-state index in [1.54, 1.807) is 6.07 Å². The lowest BCUT2D eigenvalue weighted by molar-refractivity contribution is -0.148. The molecule has 0 aliphatic carbocycles. The van der Waals surface area contributed by atoms with Crippen molar-refractivity contribution in [2.75, 3.05) is 13.7 Å². The number of benzene rings is 1. The molecule has 10 heteroatoms. The van der Waals surface area contributed by atoms with Gasteiger partial charge in [-0.15, -0.1) is 0 Å². The molecule has 1 fully saturated rings. The third kappa shape index (κ3) is 3.74. The summed E-state index contributed by atoms with van der Waals surface area (Å²) in [5.41, 5.74) is 0.676. The average Bonchev–Trinajstić information content (AvgIpc) is 3.27. The van der Waals surface area contributed by atoms with Crippen LogP contribution < -0.4 is 4.74 Å². The zero-order chi connectivity index (χ0) is 20.5. The summed E-state index contributed by atoms with van der Waals surface area (Å²) in [6.07, 6.45) is 0.873. The average molecular weight is 412 g/mol. The van der Waals surface area contributed by atoms with Gasteiger partial charge in [-0.2, -0.15) is 4.31 Å². The second-order valence-corrected chi connectivity index (χ2v) is 8.33. The van der Waals surface area contributed by atoms with E-state index in [0.717, 1.165) is 4.31 Å². The number of halogens is 1. The smallest absolute Gasteiger partial charge is 0.324 e. The van der Waals surface area contributed by atoms with Gasteiger partial charge in [0.25, 0.3) is 0 Å². The van der Waals surface area contributed by atoms with Crippen LogP contribution in [-0.4, -0.2) is 43.5 Å². The molecular weight excluding hydrogens is 391 g/mol. The van der Waals surface area contributed by atoms with Crippen molar-refractivity contribution in [2.24, 2.45) is 0 Å². The van der Waals surface area contributed by atoms with Gasteiger partial charge in [0.2, 0.25) is 10.0 Å². The Labute approximate surface area is 162 Å². The van der Waals surface area contributed by atoms with Crippen LogP contribution in [0.5, 0.6) is 5.75 Å². The van der Waals surface area contributed by atoms with Gasteiger partial charge >= 0.3 is 5.97 Å². The fourth-order valence-electron chi connectivity index (χ4n) is 3.27. The van der Waals surface area contributed by atoms with E-state index in [9.17, 15) is 17.6 Å². The molecule has 0 N–H and O–H groups in total. The van der Waals surface area contributed by atoms with Crippen molar-refractivity contribution in [2.45, 2.75) is 44.2 Å². The lowest BCUT2D eigenvalue weighted by Gasteiger charge is -2.22. The number of nitrogens with zero attached hydrogens (tertiary/aromatic N) is 2. The maximum Gasteiger partial charge on any atom is 0.324 e. The molecule has 1 aromatic carbocycles. The first-order valence-corrected chi connectivity index (χ1v) is 10.1. The predicted octanol–water partition coefficient (Wildman–Crippen LogP) is 2.34. The normalized spacial score (nSPS) is 17.6. The summed E-state index contributed by atoms with van der Waals surface area (Å²) >= 11 is 0. The van der Waals surface area contributed by atoms with Crippen LogP contribution in [0.1, 0.15) is 29.9 Å². The predicted molar refractivity (Wildman–Crippen MR) is 95.6 cm³/mol. The lowest BCUT2D eigenvalue weighted by Crippen LogP contribution is -2.41. The van der Waals surface area contributed by atoms with Crippen LogP contribution in [0.25, 0.3) is 0 Å². The monoisotopic (exact) mass is 412 g/mol. The molecule has 1 aliphatic heterocycles. The highest BCUT2D eigenvalue weighted by molar-refractivity contribution is 7.89. The molecule has 2 aromatic rings. The summed E-state index contributed by atoms with van der Waals surface area (Å²) in [7, 11) is -2.60. The molecule has 0 unspecified atom stereocenters. The molecule has 0 saturated carbocycles. The molecule has 28 heavy (non-hydrogen) atoms. The van der Waals surface area contributed by atoms with Gasteiger partial charge in [0.05, 0.1) is 7.11 Å². The van der Waals surface area contributed by atoms with E-state index in [2.05, 4.69) is 5.16 Å². The molecule has 0 bridgehead atoms. The Kier molecular flexibility index (Phi) is 5.71. The Hall–Kier alpha value is -2.46. The first-order valence-electron chi connectivity index (χ1n) is 8.69. The third-order valence-electron chi connectivity index (χ3n) is 4.61. The van der Waals surface area contributed by atoms with E-state index in [-0.39, 0.29) is 35.3 Å². The van der Waals surface area contributed by atoms with Crippen molar-refractivity contribution in [3.63, 3.8) is 0 Å². The van der Waals surface area contributed by atoms with E-state index in [4.69, 9.17) is 14.0 Å². The van der Waals surface area contributed by atoms with Gasteiger partial charge in [-0.05, 0) is 44.4 Å². The second-order valence-electron chi connectivity index (χ2n) is 6.50. The number of rotatable bonds is 6. The van der Waals surface area contributed by atoms with Crippen LogP contribution in [-0.2, 0) is 26.2 Å². The highest BCUT2D eigenvalue weighted by atomic mass is 32.2. The number of methoxy groups -OCH3 is 1. The molecule has 0 spiro atoms. The van der Waals surface area contributed by atoms with E-state index in [1.807, 2.05) is 0 Å². The Morgan fingerprint density at radius 2 is 2.14 bits per heavy atom. The number of sulfonamides is 1. The fourth-order valence-corrected chi connectivity index (χ4v) is 5.22. The molecule has 0 amide bonds.